The van der Waals surface area contributed by atoms with E-state index >= 15 is 0 Å². The second-order valence-corrected chi connectivity index (χ2v) is 10.4. The molecule has 1 aliphatic rings. The summed E-state index contributed by atoms with van der Waals surface area (Å²) in [5, 5.41) is 4.76. The first-order valence-corrected chi connectivity index (χ1v) is 12.3. The highest BCUT2D eigenvalue weighted by molar-refractivity contribution is 6.69. The third kappa shape index (κ3) is 3.58. The van der Waals surface area contributed by atoms with Crippen LogP contribution in [0.25, 0.3) is 43.8 Å². The van der Waals surface area contributed by atoms with Gasteiger partial charge >= 0.3 is 7.12 Å². The highest BCUT2D eigenvalue weighted by atomic mass is 16.7. The molecule has 0 saturated carbocycles. The van der Waals surface area contributed by atoms with Crippen LogP contribution in [0.1, 0.15) is 27.7 Å². The van der Waals surface area contributed by atoms with Gasteiger partial charge in [-0.25, -0.2) is 0 Å². The molecule has 0 aromatic heterocycles. The molecule has 0 unspecified atom stereocenters. The van der Waals surface area contributed by atoms with Crippen molar-refractivity contribution < 1.29 is 9.31 Å². The van der Waals surface area contributed by atoms with E-state index in [1.807, 2.05) is 0 Å². The van der Waals surface area contributed by atoms with Crippen molar-refractivity contribution in [3.05, 3.63) is 103 Å². The lowest BCUT2D eigenvalue weighted by molar-refractivity contribution is 0.00578. The molecule has 0 bridgehead atoms. The fourth-order valence-corrected chi connectivity index (χ4v) is 5.15. The number of hydrogen-bond donors (Lipinski definition) is 0. The molecule has 172 valence electrons. The fourth-order valence-electron chi connectivity index (χ4n) is 5.15. The minimum Gasteiger partial charge on any atom is -0.399 e. The van der Waals surface area contributed by atoms with Crippen molar-refractivity contribution in [3.8, 4) is 22.3 Å². The highest BCUT2D eigenvalue weighted by Gasteiger charge is 2.52. The summed E-state index contributed by atoms with van der Waals surface area (Å²) in [6.07, 6.45) is 0. The molecule has 1 aliphatic heterocycles. The molecule has 3 heteroatoms. The topological polar surface area (TPSA) is 18.5 Å². The molecule has 0 N–H and O–H groups in total. The summed E-state index contributed by atoms with van der Waals surface area (Å²) >= 11 is 0. The number of benzene rings is 5. The van der Waals surface area contributed by atoms with E-state index in [0.717, 1.165) is 5.46 Å². The predicted octanol–water partition coefficient (Wildman–Crippen LogP) is 7.63. The van der Waals surface area contributed by atoms with Crippen molar-refractivity contribution in [2.45, 2.75) is 38.9 Å². The largest absolute Gasteiger partial charge is 0.496 e. The minimum atomic E-state index is -0.445. The lowest BCUT2D eigenvalue weighted by Gasteiger charge is -2.32. The van der Waals surface area contributed by atoms with Crippen molar-refractivity contribution in [3.63, 3.8) is 0 Å². The Morgan fingerprint density at radius 2 is 1.00 bits per heavy atom. The minimum absolute atomic E-state index is 0.410. The summed E-state index contributed by atoms with van der Waals surface area (Å²) in [6.45, 7) is 8.46. The van der Waals surface area contributed by atoms with Crippen LogP contribution >= 0.6 is 0 Å². The number of hydrogen-bond acceptors (Lipinski definition) is 2. The number of fused-ring (bicyclic) bond motifs is 2. The van der Waals surface area contributed by atoms with Crippen LogP contribution in [-0.2, 0) is 9.31 Å². The van der Waals surface area contributed by atoms with E-state index in [-0.39, 0.29) is 0 Å². The lowest BCUT2D eigenvalue weighted by atomic mass is 9.71. The lowest BCUT2D eigenvalue weighted by Crippen LogP contribution is -2.41. The van der Waals surface area contributed by atoms with Crippen LogP contribution < -0.4 is 5.46 Å². The van der Waals surface area contributed by atoms with Crippen molar-refractivity contribution in [2.75, 3.05) is 0 Å². The maximum atomic E-state index is 6.60. The quantitative estimate of drug-likeness (QED) is 0.205. The molecule has 0 aliphatic carbocycles. The van der Waals surface area contributed by atoms with Gasteiger partial charge < -0.3 is 9.31 Å². The first-order valence-electron chi connectivity index (χ1n) is 12.3. The second-order valence-electron chi connectivity index (χ2n) is 10.4. The van der Waals surface area contributed by atoms with Crippen molar-refractivity contribution in [1.82, 2.24) is 0 Å². The molecule has 1 fully saturated rings. The fraction of sp³-hybridized carbons (Fsp3) is 0.188. The molecule has 0 atom stereocenters. The third-order valence-electron chi connectivity index (χ3n) is 7.72. The van der Waals surface area contributed by atoms with Crippen LogP contribution in [0.4, 0.5) is 0 Å². The molecule has 1 heterocycles. The van der Waals surface area contributed by atoms with E-state index in [1.54, 1.807) is 0 Å². The van der Waals surface area contributed by atoms with Crippen LogP contribution in [0.2, 0.25) is 0 Å². The normalized spacial score (nSPS) is 16.7. The van der Waals surface area contributed by atoms with Crippen LogP contribution in [-0.4, -0.2) is 18.3 Å². The van der Waals surface area contributed by atoms with E-state index in [9.17, 15) is 0 Å². The van der Waals surface area contributed by atoms with E-state index in [2.05, 4.69) is 131 Å². The highest BCUT2D eigenvalue weighted by Crippen LogP contribution is 2.41. The first kappa shape index (κ1) is 22.1. The second kappa shape index (κ2) is 8.08. The Labute approximate surface area is 207 Å². The SMILES string of the molecule is CC1(C)OB(c2c3ccccc3c(-c3ccccc3)c3cc(-c4ccccc4)ccc23)OC1(C)C. The molecule has 0 amide bonds. The molecule has 5 aromatic rings. The molecular weight excluding hydrogens is 427 g/mol. The van der Waals surface area contributed by atoms with Crippen LogP contribution in [0, 0.1) is 0 Å². The molecule has 1 saturated heterocycles. The van der Waals surface area contributed by atoms with Gasteiger partial charge in [-0.2, -0.15) is 0 Å². The van der Waals surface area contributed by atoms with Gasteiger partial charge in [0.15, 0.2) is 0 Å². The molecule has 0 spiro atoms. The van der Waals surface area contributed by atoms with Gasteiger partial charge in [-0.05, 0) is 83.0 Å². The first-order chi connectivity index (χ1) is 16.9. The van der Waals surface area contributed by atoms with E-state index < -0.39 is 18.3 Å². The summed E-state index contributed by atoms with van der Waals surface area (Å²) in [4.78, 5) is 0. The Bertz CT molecular complexity index is 1520. The average Bonchev–Trinajstić information content (AvgIpc) is 3.09. The summed E-state index contributed by atoms with van der Waals surface area (Å²) in [5.74, 6) is 0. The van der Waals surface area contributed by atoms with Gasteiger partial charge in [-0.15, -0.1) is 0 Å². The van der Waals surface area contributed by atoms with Gasteiger partial charge in [-0.3, -0.25) is 0 Å². The van der Waals surface area contributed by atoms with Crippen LogP contribution in [0.3, 0.4) is 0 Å². The van der Waals surface area contributed by atoms with Crippen LogP contribution in [0.15, 0.2) is 103 Å². The van der Waals surface area contributed by atoms with Gasteiger partial charge in [0.1, 0.15) is 0 Å². The summed E-state index contributed by atoms with van der Waals surface area (Å²) in [6, 6.07) is 36.7. The summed E-state index contributed by atoms with van der Waals surface area (Å²) in [5.41, 5.74) is 5.15. The summed E-state index contributed by atoms with van der Waals surface area (Å²) in [7, 11) is -0.445. The summed E-state index contributed by atoms with van der Waals surface area (Å²) < 4.78 is 13.2. The Hall–Kier alpha value is -3.40. The maximum Gasteiger partial charge on any atom is 0.496 e. The van der Waals surface area contributed by atoms with Gasteiger partial charge in [0.25, 0.3) is 0 Å². The smallest absolute Gasteiger partial charge is 0.399 e. The Balaban J connectivity index is 1.71. The molecule has 6 rings (SSSR count). The van der Waals surface area contributed by atoms with E-state index in [1.165, 1.54) is 43.8 Å². The van der Waals surface area contributed by atoms with Crippen molar-refractivity contribution in [1.29, 1.82) is 0 Å². The third-order valence-corrected chi connectivity index (χ3v) is 7.72. The van der Waals surface area contributed by atoms with Gasteiger partial charge in [0.05, 0.1) is 11.2 Å². The van der Waals surface area contributed by atoms with Crippen molar-refractivity contribution in [2.24, 2.45) is 0 Å². The van der Waals surface area contributed by atoms with Gasteiger partial charge in [0, 0.05) is 0 Å². The molecule has 35 heavy (non-hydrogen) atoms. The zero-order chi connectivity index (χ0) is 24.2. The Kier molecular flexibility index (Phi) is 5.10. The average molecular weight is 456 g/mol. The van der Waals surface area contributed by atoms with E-state index in [4.69, 9.17) is 9.31 Å². The van der Waals surface area contributed by atoms with Gasteiger partial charge in [0.2, 0.25) is 0 Å². The maximum absolute atomic E-state index is 6.60. The predicted molar refractivity (Wildman–Crippen MR) is 148 cm³/mol. The molecule has 5 aromatic carbocycles. The Morgan fingerprint density at radius 1 is 0.486 bits per heavy atom. The number of rotatable bonds is 3. The molecule has 2 nitrogen and oxygen atoms in total. The van der Waals surface area contributed by atoms with Crippen LogP contribution in [0.5, 0.6) is 0 Å². The van der Waals surface area contributed by atoms with Gasteiger partial charge in [-0.1, -0.05) is 97.1 Å². The monoisotopic (exact) mass is 456 g/mol. The molecule has 0 radical (unpaired) electrons. The van der Waals surface area contributed by atoms with E-state index in [0.29, 0.717) is 0 Å². The Morgan fingerprint density at radius 3 is 1.63 bits per heavy atom. The molecular formula is C32H29BO2. The zero-order valence-corrected chi connectivity index (χ0v) is 20.7. The standard InChI is InChI=1S/C32H29BO2/c1-31(2)32(3,4)35-33(34-31)30-26-18-12-11-17-25(26)29(23-15-9-6-10-16-23)28-21-24(19-20-27(28)30)22-13-7-5-8-14-22/h5-21H,1-4H3. The van der Waals surface area contributed by atoms with Crippen molar-refractivity contribution >= 4 is 34.1 Å². The zero-order valence-electron chi connectivity index (χ0n) is 20.7.